The maximum Gasteiger partial charge on any atom is 0.416 e. The lowest BCUT2D eigenvalue weighted by molar-refractivity contribution is -0.137. The fraction of sp³-hybridized carbons (Fsp3) is 0.235. The molecule has 2 aromatic carbocycles. The standard InChI is InChI=1S/C17H16F3NO2S/c1-11(24-15-9-7-14(23-2)8-10-15)16(22)21-13-5-3-12(4-6-13)17(18,19)20/h3-11H,1-2H3,(H,21,22). The summed E-state index contributed by atoms with van der Waals surface area (Å²) < 4.78 is 42.6. The molecule has 0 fully saturated rings. The topological polar surface area (TPSA) is 38.3 Å². The number of thioether (sulfide) groups is 1. The Morgan fingerprint density at radius 1 is 1.08 bits per heavy atom. The van der Waals surface area contributed by atoms with Gasteiger partial charge in [0.25, 0.3) is 0 Å². The fourth-order valence-corrected chi connectivity index (χ4v) is 2.77. The number of halogens is 3. The summed E-state index contributed by atoms with van der Waals surface area (Å²) >= 11 is 1.35. The molecule has 0 heterocycles. The molecule has 2 rings (SSSR count). The zero-order valence-corrected chi connectivity index (χ0v) is 13.9. The van der Waals surface area contributed by atoms with E-state index in [4.69, 9.17) is 4.74 Å². The number of anilines is 1. The van der Waals surface area contributed by atoms with E-state index in [1.807, 2.05) is 12.1 Å². The summed E-state index contributed by atoms with van der Waals surface area (Å²) in [5.74, 6) is 0.441. The summed E-state index contributed by atoms with van der Waals surface area (Å²) in [6.07, 6.45) is -4.39. The average Bonchev–Trinajstić information content (AvgIpc) is 2.55. The van der Waals surface area contributed by atoms with E-state index in [1.54, 1.807) is 26.2 Å². The third-order valence-corrected chi connectivity index (χ3v) is 4.33. The van der Waals surface area contributed by atoms with Gasteiger partial charge in [0.2, 0.25) is 5.91 Å². The van der Waals surface area contributed by atoms with Gasteiger partial charge in [0.15, 0.2) is 0 Å². The Bertz CT molecular complexity index is 684. The van der Waals surface area contributed by atoms with Crippen LogP contribution in [-0.4, -0.2) is 18.3 Å². The molecule has 0 radical (unpaired) electrons. The number of rotatable bonds is 5. The summed E-state index contributed by atoms with van der Waals surface area (Å²) in [4.78, 5) is 13.0. The Labute approximate surface area is 142 Å². The van der Waals surface area contributed by atoms with Crippen LogP contribution in [-0.2, 0) is 11.0 Å². The number of amides is 1. The molecule has 0 saturated carbocycles. The highest BCUT2D eigenvalue weighted by atomic mass is 32.2. The summed E-state index contributed by atoms with van der Waals surface area (Å²) in [7, 11) is 1.57. The molecule has 0 aliphatic carbocycles. The SMILES string of the molecule is COc1ccc(SC(C)C(=O)Nc2ccc(C(F)(F)F)cc2)cc1. The molecule has 2 aromatic rings. The predicted octanol–water partition coefficient (Wildman–Crippen LogP) is 4.83. The second-order valence-electron chi connectivity index (χ2n) is 5.00. The Morgan fingerprint density at radius 3 is 2.17 bits per heavy atom. The Hall–Kier alpha value is -2.15. The number of hydrogen-bond acceptors (Lipinski definition) is 3. The average molecular weight is 355 g/mol. The molecule has 128 valence electrons. The van der Waals surface area contributed by atoms with E-state index in [1.165, 1.54) is 23.9 Å². The number of alkyl halides is 3. The maximum absolute atomic E-state index is 12.5. The molecule has 1 N–H and O–H groups in total. The summed E-state index contributed by atoms with van der Waals surface area (Å²) in [6.45, 7) is 1.73. The second-order valence-corrected chi connectivity index (χ2v) is 6.41. The minimum atomic E-state index is -4.39. The van der Waals surface area contributed by atoms with Crippen molar-refractivity contribution in [1.82, 2.24) is 0 Å². The highest BCUT2D eigenvalue weighted by molar-refractivity contribution is 8.00. The van der Waals surface area contributed by atoms with Crippen LogP contribution in [0.25, 0.3) is 0 Å². The first-order chi connectivity index (χ1) is 11.3. The van der Waals surface area contributed by atoms with Crippen molar-refractivity contribution < 1.29 is 22.7 Å². The molecular weight excluding hydrogens is 339 g/mol. The zero-order chi connectivity index (χ0) is 17.7. The van der Waals surface area contributed by atoms with Crippen molar-refractivity contribution in [1.29, 1.82) is 0 Å². The molecule has 0 bridgehead atoms. The molecular formula is C17H16F3NO2S. The normalized spacial score (nSPS) is 12.5. The lowest BCUT2D eigenvalue weighted by Gasteiger charge is -2.13. The highest BCUT2D eigenvalue weighted by Crippen LogP contribution is 2.30. The maximum atomic E-state index is 12.5. The highest BCUT2D eigenvalue weighted by Gasteiger charge is 2.30. The third kappa shape index (κ3) is 4.92. The quantitative estimate of drug-likeness (QED) is 0.781. The zero-order valence-electron chi connectivity index (χ0n) is 13.1. The fourth-order valence-electron chi connectivity index (χ4n) is 1.90. The van der Waals surface area contributed by atoms with Gasteiger partial charge < -0.3 is 10.1 Å². The smallest absolute Gasteiger partial charge is 0.416 e. The predicted molar refractivity (Wildman–Crippen MR) is 88.4 cm³/mol. The number of carbonyl (C=O) groups is 1. The summed E-state index contributed by atoms with van der Waals surface area (Å²) in [6, 6.07) is 11.6. The lowest BCUT2D eigenvalue weighted by Crippen LogP contribution is -2.22. The van der Waals surface area contributed by atoms with Crippen LogP contribution in [0.4, 0.5) is 18.9 Å². The van der Waals surface area contributed by atoms with Crippen LogP contribution in [0.5, 0.6) is 5.75 Å². The van der Waals surface area contributed by atoms with Crippen molar-refractivity contribution in [3.8, 4) is 5.75 Å². The van der Waals surface area contributed by atoms with E-state index < -0.39 is 17.0 Å². The number of nitrogens with one attached hydrogen (secondary N) is 1. The Kier molecular flexibility index (Phi) is 5.77. The van der Waals surface area contributed by atoms with Gasteiger partial charge >= 0.3 is 6.18 Å². The second kappa shape index (κ2) is 7.61. The van der Waals surface area contributed by atoms with Crippen LogP contribution in [0, 0.1) is 0 Å². The number of hydrogen-bond donors (Lipinski definition) is 1. The molecule has 0 spiro atoms. The van der Waals surface area contributed by atoms with E-state index in [0.29, 0.717) is 5.69 Å². The van der Waals surface area contributed by atoms with Gasteiger partial charge in [0, 0.05) is 10.6 Å². The van der Waals surface area contributed by atoms with Gasteiger partial charge in [-0.25, -0.2) is 0 Å². The van der Waals surface area contributed by atoms with Gasteiger partial charge in [-0.2, -0.15) is 13.2 Å². The van der Waals surface area contributed by atoms with Crippen LogP contribution in [0.3, 0.4) is 0 Å². The molecule has 7 heteroatoms. The number of ether oxygens (including phenoxy) is 1. The van der Waals surface area contributed by atoms with E-state index >= 15 is 0 Å². The summed E-state index contributed by atoms with van der Waals surface area (Å²) in [5.41, 5.74) is -0.420. The van der Waals surface area contributed by atoms with Crippen molar-refractivity contribution >= 4 is 23.4 Å². The van der Waals surface area contributed by atoms with Crippen LogP contribution in [0.1, 0.15) is 12.5 Å². The summed E-state index contributed by atoms with van der Waals surface area (Å²) in [5, 5.41) is 2.21. The van der Waals surface area contributed by atoms with Crippen LogP contribution >= 0.6 is 11.8 Å². The monoisotopic (exact) mass is 355 g/mol. The number of carbonyl (C=O) groups excluding carboxylic acids is 1. The minimum absolute atomic E-state index is 0.282. The van der Waals surface area contributed by atoms with Crippen molar-refractivity contribution in [2.24, 2.45) is 0 Å². The molecule has 0 aliphatic heterocycles. The van der Waals surface area contributed by atoms with E-state index in [0.717, 1.165) is 22.8 Å². The molecule has 0 aliphatic rings. The molecule has 0 aromatic heterocycles. The molecule has 1 amide bonds. The van der Waals surface area contributed by atoms with Crippen LogP contribution < -0.4 is 10.1 Å². The molecule has 24 heavy (non-hydrogen) atoms. The largest absolute Gasteiger partial charge is 0.497 e. The van der Waals surface area contributed by atoms with E-state index in [9.17, 15) is 18.0 Å². The first kappa shape index (κ1) is 18.2. The first-order valence-corrected chi connectivity index (χ1v) is 7.96. The van der Waals surface area contributed by atoms with Crippen LogP contribution in [0.2, 0.25) is 0 Å². The molecule has 0 saturated heterocycles. The third-order valence-electron chi connectivity index (χ3n) is 3.22. The minimum Gasteiger partial charge on any atom is -0.497 e. The van der Waals surface area contributed by atoms with Gasteiger partial charge in [-0.3, -0.25) is 4.79 Å². The van der Waals surface area contributed by atoms with Gasteiger partial charge in [-0.05, 0) is 55.5 Å². The molecule has 1 unspecified atom stereocenters. The van der Waals surface area contributed by atoms with Gasteiger partial charge in [0.1, 0.15) is 5.75 Å². The van der Waals surface area contributed by atoms with Gasteiger partial charge in [0.05, 0.1) is 17.9 Å². The Balaban J connectivity index is 1.95. The van der Waals surface area contributed by atoms with Crippen molar-refractivity contribution in [2.45, 2.75) is 23.2 Å². The van der Waals surface area contributed by atoms with Crippen molar-refractivity contribution in [3.63, 3.8) is 0 Å². The van der Waals surface area contributed by atoms with Gasteiger partial charge in [-0.1, -0.05) is 0 Å². The number of benzene rings is 2. The Morgan fingerprint density at radius 2 is 1.67 bits per heavy atom. The van der Waals surface area contributed by atoms with Crippen molar-refractivity contribution in [2.75, 3.05) is 12.4 Å². The number of methoxy groups -OCH3 is 1. The molecule has 1 atom stereocenters. The molecule has 3 nitrogen and oxygen atoms in total. The van der Waals surface area contributed by atoms with E-state index in [-0.39, 0.29) is 5.91 Å². The first-order valence-electron chi connectivity index (χ1n) is 7.08. The van der Waals surface area contributed by atoms with Crippen molar-refractivity contribution in [3.05, 3.63) is 54.1 Å². The van der Waals surface area contributed by atoms with Gasteiger partial charge in [-0.15, -0.1) is 11.8 Å². The van der Waals surface area contributed by atoms with E-state index in [2.05, 4.69) is 5.32 Å². The lowest BCUT2D eigenvalue weighted by atomic mass is 10.2. The van der Waals surface area contributed by atoms with Crippen LogP contribution in [0.15, 0.2) is 53.4 Å².